The minimum absolute atomic E-state index is 0.0580. The van der Waals surface area contributed by atoms with Gasteiger partial charge in [0.2, 0.25) is 0 Å². The standard InChI is InChI=1S/C35H38N4O5/c1-23(2)21-39(33(40)25-11-6-5-7-12-25)31-16-9-15-29(24(31)3)26-19-30(34(41)38(4)22-26)36-27-13-8-14-28(20-27)37-44-35(42)32-17-10-18-43-32/h5-9,11-16,19-20,22-23,32,36-37H,10,17-18,21H2,1-4H3. The molecular weight excluding hydrogens is 556 g/mol. The summed E-state index contributed by atoms with van der Waals surface area (Å²) in [6.45, 7) is 7.30. The van der Waals surface area contributed by atoms with Gasteiger partial charge in [-0.3, -0.25) is 9.59 Å². The molecule has 0 saturated carbocycles. The summed E-state index contributed by atoms with van der Waals surface area (Å²) >= 11 is 0. The van der Waals surface area contributed by atoms with Crippen LogP contribution in [-0.4, -0.2) is 35.7 Å². The predicted octanol–water partition coefficient (Wildman–Crippen LogP) is 6.46. The van der Waals surface area contributed by atoms with E-state index in [1.54, 1.807) is 31.4 Å². The first-order valence-electron chi connectivity index (χ1n) is 14.8. The molecule has 228 valence electrons. The molecule has 1 aliphatic rings. The summed E-state index contributed by atoms with van der Waals surface area (Å²) < 4.78 is 6.91. The molecule has 1 atom stereocenters. The number of aryl methyl sites for hydroxylation is 1. The summed E-state index contributed by atoms with van der Waals surface area (Å²) in [4.78, 5) is 46.1. The monoisotopic (exact) mass is 594 g/mol. The molecule has 9 nitrogen and oxygen atoms in total. The lowest BCUT2D eigenvalue weighted by Crippen LogP contribution is -2.34. The minimum Gasteiger partial charge on any atom is -0.366 e. The minimum atomic E-state index is -0.551. The zero-order valence-electron chi connectivity index (χ0n) is 25.5. The van der Waals surface area contributed by atoms with Crippen LogP contribution < -0.4 is 21.3 Å². The number of nitrogens with zero attached hydrogens (tertiary/aromatic N) is 2. The summed E-state index contributed by atoms with van der Waals surface area (Å²) in [6, 6.07) is 24.1. The van der Waals surface area contributed by atoms with Crippen molar-refractivity contribution < 1.29 is 19.2 Å². The molecule has 0 spiro atoms. The van der Waals surface area contributed by atoms with Crippen molar-refractivity contribution in [2.24, 2.45) is 13.0 Å². The van der Waals surface area contributed by atoms with Crippen molar-refractivity contribution in [2.75, 3.05) is 28.8 Å². The third-order valence-corrected chi connectivity index (χ3v) is 7.51. The van der Waals surface area contributed by atoms with Gasteiger partial charge in [0.1, 0.15) is 5.69 Å². The van der Waals surface area contributed by atoms with E-state index in [4.69, 9.17) is 9.57 Å². The van der Waals surface area contributed by atoms with Crippen molar-refractivity contribution in [2.45, 2.75) is 39.7 Å². The summed E-state index contributed by atoms with van der Waals surface area (Å²) in [5.74, 6) is -0.265. The predicted molar refractivity (Wildman–Crippen MR) is 173 cm³/mol. The second-order valence-electron chi connectivity index (χ2n) is 11.4. The lowest BCUT2D eigenvalue weighted by Gasteiger charge is -2.27. The zero-order chi connectivity index (χ0) is 31.2. The van der Waals surface area contributed by atoms with E-state index >= 15 is 0 Å². The maximum Gasteiger partial charge on any atom is 0.360 e. The van der Waals surface area contributed by atoms with E-state index in [1.165, 1.54) is 4.57 Å². The quantitative estimate of drug-likeness (QED) is 0.203. The van der Waals surface area contributed by atoms with Crippen LogP contribution in [0.1, 0.15) is 42.6 Å². The molecule has 1 amide bonds. The third-order valence-electron chi connectivity index (χ3n) is 7.51. The summed E-state index contributed by atoms with van der Waals surface area (Å²) in [6.07, 6.45) is 2.72. The average Bonchev–Trinajstić information content (AvgIpc) is 3.57. The first kappa shape index (κ1) is 30.6. The zero-order valence-corrected chi connectivity index (χ0v) is 25.5. The Morgan fingerprint density at radius 2 is 1.77 bits per heavy atom. The molecule has 0 bridgehead atoms. The van der Waals surface area contributed by atoms with Crippen LogP contribution in [-0.2, 0) is 21.4 Å². The Labute approximate surface area is 257 Å². The van der Waals surface area contributed by atoms with E-state index in [0.717, 1.165) is 28.8 Å². The second-order valence-corrected chi connectivity index (χ2v) is 11.4. The Bertz CT molecular complexity index is 1690. The number of pyridine rings is 1. The molecule has 1 aromatic heterocycles. The topological polar surface area (TPSA) is 102 Å². The first-order valence-corrected chi connectivity index (χ1v) is 14.8. The number of benzene rings is 3. The van der Waals surface area contributed by atoms with Crippen molar-refractivity contribution >= 4 is 34.6 Å². The number of ether oxygens (including phenoxy) is 1. The van der Waals surface area contributed by atoms with Crippen LogP contribution in [0.5, 0.6) is 0 Å². The van der Waals surface area contributed by atoms with Crippen LogP contribution in [0.2, 0.25) is 0 Å². The summed E-state index contributed by atoms with van der Waals surface area (Å²) in [5, 5.41) is 3.23. The highest BCUT2D eigenvalue weighted by Crippen LogP contribution is 2.33. The van der Waals surface area contributed by atoms with Crippen molar-refractivity contribution in [3.8, 4) is 11.1 Å². The Morgan fingerprint density at radius 1 is 1.02 bits per heavy atom. The third kappa shape index (κ3) is 7.01. The molecule has 3 aromatic carbocycles. The number of hydrogen-bond acceptors (Lipinski definition) is 7. The number of aromatic nitrogens is 1. The molecule has 1 unspecified atom stereocenters. The SMILES string of the molecule is Cc1c(-c2cc(Nc3cccc(NOC(=O)C4CCCO4)c3)c(=O)n(C)c2)cccc1N(CC(C)C)C(=O)c1ccccc1. The van der Waals surface area contributed by atoms with Crippen molar-refractivity contribution in [3.63, 3.8) is 0 Å². The van der Waals surface area contributed by atoms with Crippen molar-refractivity contribution in [3.05, 3.63) is 107 Å². The van der Waals surface area contributed by atoms with Gasteiger partial charge < -0.3 is 24.4 Å². The molecule has 1 aliphatic heterocycles. The molecule has 0 radical (unpaired) electrons. The van der Waals surface area contributed by atoms with Gasteiger partial charge in [0.25, 0.3) is 11.5 Å². The fraction of sp³-hybridized carbons (Fsp3) is 0.286. The molecule has 5 rings (SSSR count). The molecule has 0 aliphatic carbocycles. The fourth-order valence-corrected chi connectivity index (χ4v) is 5.32. The van der Waals surface area contributed by atoms with Gasteiger partial charge in [-0.25, -0.2) is 10.3 Å². The van der Waals surface area contributed by atoms with Crippen molar-refractivity contribution in [1.29, 1.82) is 0 Å². The highest BCUT2D eigenvalue weighted by Gasteiger charge is 2.26. The summed E-state index contributed by atoms with van der Waals surface area (Å²) in [5.41, 5.74) is 8.16. The first-order chi connectivity index (χ1) is 21.2. The summed E-state index contributed by atoms with van der Waals surface area (Å²) in [7, 11) is 1.71. The van der Waals surface area contributed by atoms with Crippen LogP contribution in [0.15, 0.2) is 89.9 Å². The van der Waals surface area contributed by atoms with Gasteiger partial charge in [-0.05, 0) is 79.3 Å². The fourth-order valence-electron chi connectivity index (χ4n) is 5.32. The average molecular weight is 595 g/mol. The van der Waals surface area contributed by atoms with E-state index in [-0.39, 0.29) is 17.4 Å². The number of anilines is 4. The number of hydrogen-bond donors (Lipinski definition) is 2. The van der Waals surface area contributed by atoms with E-state index in [9.17, 15) is 14.4 Å². The van der Waals surface area contributed by atoms with Crippen LogP contribution in [0.3, 0.4) is 0 Å². The van der Waals surface area contributed by atoms with Gasteiger partial charge in [-0.15, -0.1) is 0 Å². The smallest absolute Gasteiger partial charge is 0.360 e. The Hall–Kier alpha value is -4.89. The van der Waals surface area contributed by atoms with Crippen LogP contribution >= 0.6 is 0 Å². The Balaban J connectivity index is 1.42. The van der Waals surface area contributed by atoms with E-state index in [0.29, 0.717) is 42.2 Å². The highest BCUT2D eigenvalue weighted by atomic mass is 16.7. The van der Waals surface area contributed by atoms with Gasteiger partial charge in [-0.1, -0.05) is 50.2 Å². The largest absolute Gasteiger partial charge is 0.366 e. The van der Waals surface area contributed by atoms with Crippen LogP contribution in [0, 0.1) is 12.8 Å². The molecule has 4 aromatic rings. The number of rotatable bonds is 10. The molecule has 1 saturated heterocycles. The van der Waals surface area contributed by atoms with Gasteiger partial charge in [0.15, 0.2) is 6.10 Å². The second kappa shape index (κ2) is 13.6. The lowest BCUT2D eigenvalue weighted by molar-refractivity contribution is -0.151. The van der Waals surface area contributed by atoms with Gasteiger partial charge >= 0.3 is 5.97 Å². The van der Waals surface area contributed by atoms with Gasteiger partial charge in [-0.2, -0.15) is 0 Å². The lowest BCUT2D eigenvalue weighted by atomic mass is 9.98. The molecule has 9 heteroatoms. The van der Waals surface area contributed by atoms with Gasteiger partial charge in [0, 0.05) is 48.9 Å². The maximum atomic E-state index is 13.6. The van der Waals surface area contributed by atoms with Crippen LogP contribution in [0.25, 0.3) is 11.1 Å². The highest BCUT2D eigenvalue weighted by molar-refractivity contribution is 6.07. The number of carbonyl (C=O) groups excluding carboxylic acids is 2. The number of carbonyl (C=O) groups is 2. The Kier molecular flexibility index (Phi) is 9.45. The van der Waals surface area contributed by atoms with Gasteiger partial charge in [0.05, 0.1) is 5.69 Å². The Morgan fingerprint density at radius 3 is 2.50 bits per heavy atom. The van der Waals surface area contributed by atoms with E-state index in [1.807, 2.05) is 72.5 Å². The number of amides is 1. The molecule has 2 N–H and O–H groups in total. The normalized spacial score (nSPS) is 14.3. The molecular formula is C35H38N4O5. The van der Waals surface area contributed by atoms with Crippen molar-refractivity contribution in [1.82, 2.24) is 4.57 Å². The van der Waals surface area contributed by atoms with Crippen LogP contribution in [0.4, 0.5) is 22.7 Å². The molecule has 44 heavy (non-hydrogen) atoms. The molecule has 1 fully saturated rings. The molecule has 2 heterocycles. The van der Waals surface area contributed by atoms with E-state index < -0.39 is 12.1 Å². The van der Waals surface area contributed by atoms with E-state index in [2.05, 4.69) is 24.6 Å². The maximum absolute atomic E-state index is 13.6. The number of nitrogens with one attached hydrogen (secondary N) is 2.